The van der Waals surface area contributed by atoms with Crippen molar-refractivity contribution in [2.75, 3.05) is 0 Å². The average molecular weight is 181 g/mol. The lowest BCUT2D eigenvalue weighted by atomic mass is 10.3. The molecule has 0 aliphatic carbocycles. The van der Waals surface area contributed by atoms with E-state index in [0.29, 0.717) is 5.69 Å². The van der Waals surface area contributed by atoms with E-state index in [1.54, 1.807) is 6.07 Å². The summed E-state index contributed by atoms with van der Waals surface area (Å²) in [5.41, 5.74) is 1.64. The Balaban J connectivity index is 2.58. The molecule has 14 heavy (non-hydrogen) atoms. The number of nitrogens with zero attached hydrogens (tertiary/aromatic N) is 2. The Morgan fingerprint density at radius 3 is 2.36 bits per heavy atom. The second kappa shape index (κ2) is 3.71. The Kier molecular flexibility index (Phi) is 2.24. The number of aromatic nitrogens is 1. The van der Waals surface area contributed by atoms with Crippen molar-refractivity contribution in [2.24, 2.45) is 0 Å². The quantitative estimate of drug-likeness (QED) is 0.617. The molecule has 0 amide bonds. The zero-order valence-electron chi connectivity index (χ0n) is 7.59. The molecular weight excluding hydrogens is 172 g/mol. The van der Waals surface area contributed by atoms with E-state index < -0.39 is 0 Å². The fraction of sp³-hybridized carbons (Fsp3) is 0. The lowest BCUT2D eigenvalue weighted by Gasteiger charge is -1.95. The van der Waals surface area contributed by atoms with Gasteiger partial charge in [-0.2, -0.15) is 9.83 Å². The first-order chi connectivity index (χ1) is 6.92. The van der Waals surface area contributed by atoms with Gasteiger partial charge in [0.2, 0.25) is 5.69 Å². The Labute approximate surface area is 82.7 Å². The van der Waals surface area contributed by atoms with Crippen molar-refractivity contribution in [1.29, 1.82) is 5.26 Å². The third kappa shape index (κ3) is 1.48. The van der Waals surface area contributed by atoms with Crippen molar-refractivity contribution >= 4 is 0 Å². The van der Waals surface area contributed by atoms with Crippen LogP contribution >= 0.6 is 0 Å². The van der Waals surface area contributed by atoms with E-state index in [-0.39, 0.29) is 0 Å². The van der Waals surface area contributed by atoms with Crippen molar-refractivity contribution in [2.45, 2.75) is 0 Å². The van der Waals surface area contributed by atoms with E-state index in [4.69, 9.17) is 5.26 Å². The maximum atomic E-state index is 8.91. The summed E-state index contributed by atoms with van der Waals surface area (Å²) in [7, 11) is 0. The number of pyridine rings is 1. The highest BCUT2D eigenvalue weighted by atomic mass is 15.0. The Bertz CT molecular complexity index is 469. The van der Waals surface area contributed by atoms with Crippen LogP contribution in [0.4, 0.5) is 0 Å². The van der Waals surface area contributed by atoms with Crippen LogP contribution in [0.1, 0.15) is 5.69 Å². The van der Waals surface area contributed by atoms with Gasteiger partial charge in [0.15, 0.2) is 12.3 Å². The largest absolute Gasteiger partial charge is 0.289 e. The standard InChI is InChI=1S/C12H9N2/c13-10-12-8-4-5-9-14(12)11-6-2-1-3-7-11/h1-9H/q+1. The molecule has 66 valence electrons. The molecule has 0 unspecified atom stereocenters. The first kappa shape index (κ1) is 8.46. The van der Waals surface area contributed by atoms with Crippen LogP contribution in [0.25, 0.3) is 5.69 Å². The number of para-hydroxylation sites is 1. The highest BCUT2D eigenvalue weighted by Gasteiger charge is 2.10. The number of nitriles is 1. The van der Waals surface area contributed by atoms with Gasteiger partial charge in [0.05, 0.1) is 0 Å². The maximum Gasteiger partial charge on any atom is 0.289 e. The van der Waals surface area contributed by atoms with Crippen LogP contribution in [0.5, 0.6) is 0 Å². The molecule has 1 aromatic carbocycles. The fourth-order valence-electron chi connectivity index (χ4n) is 1.35. The molecule has 2 nitrogen and oxygen atoms in total. The Hall–Kier alpha value is -2.14. The number of rotatable bonds is 1. The van der Waals surface area contributed by atoms with E-state index in [1.807, 2.05) is 53.2 Å². The summed E-state index contributed by atoms with van der Waals surface area (Å²) < 4.78 is 1.86. The van der Waals surface area contributed by atoms with E-state index in [1.165, 1.54) is 0 Å². The van der Waals surface area contributed by atoms with Gasteiger partial charge in [-0.15, -0.1) is 0 Å². The monoisotopic (exact) mass is 181 g/mol. The van der Waals surface area contributed by atoms with Crippen molar-refractivity contribution in [3.05, 3.63) is 60.4 Å². The van der Waals surface area contributed by atoms with E-state index in [9.17, 15) is 0 Å². The van der Waals surface area contributed by atoms with E-state index >= 15 is 0 Å². The van der Waals surface area contributed by atoms with Crippen molar-refractivity contribution in [1.82, 2.24) is 0 Å². The summed E-state index contributed by atoms with van der Waals surface area (Å²) in [6.07, 6.45) is 1.88. The molecule has 0 saturated heterocycles. The lowest BCUT2D eigenvalue weighted by Crippen LogP contribution is -2.33. The van der Waals surface area contributed by atoms with Gasteiger partial charge in [-0.3, -0.25) is 0 Å². The zero-order valence-corrected chi connectivity index (χ0v) is 7.59. The van der Waals surface area contributed by atoms with Gasteiger partial charge in [-0.25, -0.2) is 0 Å². The van der Waals surface area contributed by atoms with Crippen LogP contribution in [0.2, 0.25) is 0 Å². The Morgan fingerprint density at radius 2 is 1.64 bits per heavy atom. The van der Waals surface area contributed by atoms with Crippen LogP contribution in [-0.4, -0.2) is 0 Å². The van der Waals surface area contributed by atoms with Gasteiger partial charge in [-0.05, 0) is 6.07 Å². The average Bonchev–Trinajstić information content (AvgIpc) is 2.30. The molecule has 2 aromatic rings. The topological polar surface area (TPSA) is 27.7 Å². The molecule has 0 aliphatic heterocycles. The summed E-state index contributed by atoms with van der Waals surface area (Å²) in [5, 5.41) is 8.91. The summed E-state index contributed by atoms with van der Waals surface area (Å²) in [6, 6.07) is 17.5. The molecule has 2 heteroatoms. The van der Waals surface area contributed by atoms with Gasteiger partial charge < -0.3 is 0 Å². The number of hydrogen-bond acceptors (Lipinski definition) is 1. The van der Waals surface area contributed by atoms with Crippen molar-refractivity contribution in [3.63, 3.8) is 0 Å². The molecule has 1 aromatic heterocycles. The van der Waals surface area contributed by atoms with Crippen LogP contribution in [-0.2, 0) is 0 Å². The molecule has 0 spiro atoms. The normalized spacial score (nSPS) is 9.36. The van der Waals surface area contributed by atoms with Crippen LogP contribution in [0.15, 0.2) is 54.7 Å². The molecule has 0 fully saturated rings. The second-order valence-corrected chi connectivity index (χ2v) is 2.90. The molecule has 0 atom stereocenters. The minimum atomic E-state index is 0.638. The van der Waals surface area contributed by atoms with Gasteiger partial charge in [-0.1, -0.05) is 18.2 Å². The molecular formula is C12H9N2+. The molecule has 0 N–H and O–H groups in total. The third-order valence-corrected chi connectivity index (χ3v) is 2.01. The predicted molar refractivity (Wildman–Crippen MR) is 52.7 cm³/mol. The SMILES string of the molecule is N#Cc1cccc[n+]1-c1ccccc1. The van der Waals surface area contributed by atoms with E-state index in [2.05, 4.69) is 6.07 Å². The highest BCUT2D eigenvalue weighted by molar-refractivity contribution is 5.24. The predicted octanol–water partition coefficient (Wildman–Crippen LogP) is 1.83. The van der Waals surface area contributed by atoms with Gasteiger partial charge in [0.25, 0.3) is 5.69 Å². The minimum absolute atomic E-state index is 0.638. The highest BCUT2D eigenvalue weighted by Crippen LogP contribution is 1.99. The van der Waals surface area contributed by atoms with Crippen LogP contribution < -0.4 is 4.57 Å². The second-order valence-electron chi connectivity index (χ2n) is 2.90. The van der Waals surface area contributed by atoms with Gasteiger partial charge in [0.1, 0.15) is 0 Å². The molecule has 0 bridgehead atoms. The van der Waals surface area contributed by atoms with Crippen molar-refractivity contribution < 1.29 is 4.57 Å². The fourth-order valence-corrected chi connectivity index (χ4v) is 1.35. The first-order valence-corrected chi connectivity index (χ1v) is 4.38. The van der Waals surface area contributed by atoms with E-state index in [0.717, 1.165) is 5.69 Å². The van der Waals surface area contributed by atoms with Gasteiger partial charge in [0, 0.05) is 24.3 Å². The van der Waals surface area contributed by atoms with Crippen molar-refractivity contribution in [3.8, 4) is 11.8 Å². The summed E-state index contributed by atoms with van der Waals surface area (Å²) in [5.74, 6) is 0. The summed E-state index contributed by atoms with van der Waals surface area (Å²) in [4.78, 5) is 0. The summed E-state index contributed by atoms with van der Waals surface area (Å²) in [6.45, 7) is 0. The van der Waals surface area contributed by atoms with Crippen LogP contribution in [0, 0.1) is 11.3 Å². The molecule has 0 radical (unpaired) electrons. The first-order valence-electron chi connectivity index (χ1n) is 4.38. The van der Waals surface area contributed by atoms with Gasteiger partial charge >= 0.3 is 0 Å². The Morgan fingerprint density at radius 1 is 0.929 bits per heavy atom. The maximum absolute atomic E-state index is 8.91. The lowest BCUT2D eigenvalue weighted by molar-refractivity contribution is -0.598. The third-order valence-electron chi connectivity index (χ3n) is 2.01. The molecule has 1 heterocycles. The number of hydrogen-bond donors (Lipinski definition) is 0. The molecule has 2 rings (SSSR count). The molecule has 0 saturated carbocycles. The smallest absolute Gasteiger partial charge is 0.186 e. The molecule has 0 aliphatic rings. The zero-order chi connectivity index (χ0) is 9.80. The minimum Gasteiger partial charge on any atom is -0.186 e. The number of benzene rings is 1. The van der Waals surface area contributed by atoms with Crippen LogP contribution in [0.3, 0.4) is 0 Å². The summed E-state index contributed by atoms with van der Waals surface area (Å²) >= 11 is 0.